The van der Waals surface area contributed by atoms with E-state index >= 15 is 0 Å². The smallest absolute Gasteiger partial charge is 0.186 e. The van der Waals surface area contributed by atoms with E-state index in [-0.39, 0.29) is 0 Å². The van der Waals surface area contributed by atoms with Gasteiger partial charge in [-0.15, -0.1) is 12.6 Å². The molecule has 0 amide bonds. The maximum absolute atomic E-state index is 5.57. The zero-order valence-corrected chi connectivity index (χ0v) is 12.0. The highest BCUT2D eigenvalue weighted by Crippen LogP contribution is 2.23. The first-order valence-corrected chi connectivity index (χ1v) is 6.56. The van der Waals surface area contributed by atoms with E-state index in [4.69, 9.17) is 9.47 Å². The van der Waals surface area contributed by atoms with Crippen molar-refractivity contribution in [1.82, 2.24) is 9.97 Å². The Bertz CT molecular complexity index is 363. The van der Waals surface area contributed by atoms with Crippen molar-refractivity contribution in [3.63, 3.8) is 0 Å². The fraction of sp³-hybridized carbons (Fsp3) is 0.667. The van der Waals surface area contributed by atoms with Crippen LogP contribution in [0.15, 0.2) is 11.4 Å². The summed E-state index contributed by atoms with van der Waals surface area (Å²) in [6.45, 7) is 5.27. The Hall–Kier alpha value is -1.01. The third-order valence-electron chi connectivity index (χ3n) is 2.39. The fourth-order valence-electron chi connectivity index (χ4n) is 1.54. The molecule has 102 valence electrons. The minimum atomic E-state index is 0.336. The van der Waals surface area contributed by atoms with Crippen molar-refractivity contribution >= 4 is 18.4 Å². The summed E-state index contributed by atoms with van der Waals surface area (Å²) in [5, 5.41) is 3.74. The van der Waals surface area contributed by atoms with Crippen molar-refractivity contribution in [2.24, 2.45) is 0 Å². The van der Waals surface area contributed by atoms with Gasteiger partial charge in [-0.05, 0) is 13.3 Å². The van der Waals surface area contributed by atoms with E-state index in [2.05, 4.69) is 41.8 Å². The Morgan fingerprint density at radius 1 is 1.44 bits per heavy atom. The molecule has 1 aromatic heterocycles. The molecule has 1 heterocycles. The molecule has 1 unspecified atom stereocenters. The van der Waals surface area contributed by atoms with Gasteiger partial charge in [0.05, 0.1) is 12.8 Å². The molecular formula is C12H21N3O2S. The van der Waals surface area contributed by atoms with Gasteiger partial charge in [0, 0.05) is 13.2 Å². The lowest BCUT2D eigenvalue weighted by atomic mass is 10.2. The first-order chi connectivity index (χ1) is 8.67. The van der Waals surface area contributed by atoms with Gasteiger partial charge in [-0.25, -0.2) is 9.97 Å². The van der Waals surface area contributed by atoms with E-state index in [1.165, 1.54) is 0 Å². The van der Waals surface area contributed by atoms with E-state index in [9.17, 15) is 0 Å². The first kappa shape index (κ1) is 15.0. The standard InChI is InChI=1S/C12H21N3O2S/c1-4-5-9(2)14-11-10(17-7-6-16-3)8-13-12(18)15-11/h8-9H,4-7H2,1-3H3,(H2,13,14,15,18). The third-order valence-corrected chi connectivity index (χ3v) is 2.61. The molecule has 0 bridgehead atoms. The van der Waals surface area contributed by atoms with Gasteiger partial charge >= 0.3 is 0 Å². The second-order valence-corrected chi connectivity index (χ2v) is 4.46. The summed E-state index contributed by atoms with van der Waals surface area (Å²) < 4.78 is 10.5. The van der Waals surface area contributed by atoms with Crippen LogP contribution < -0.4 is 10.1 Å². The lowest BCUT2D eigenvalue weighted by Gasteiger charge is -2.16. The summed E-state index contributed by atoms with van der Waals surface area (Å²) in [6, 6.07) is 0.336. The van der Waals surface area contributed by atoms with E-state index in [0.29, 0.717) is 36.0 Å². The molecule has 0 aromatic carbocycles. The molecule has 5 nitrogen and oxygen atoms in total. The quantitative estimate of drug-likeness (QED) is 0.432. The molecule has 1 rings (SSSR count). The zero-order chi connectivity index (χ0) is 13.4. The molecule has 0 radical (unpaired) electrons. The Morgan fingerprint density at radius 2 is 2.22 bits per heavy atom. The van der Waals surface area contributed by atoms with Gasteiger partial charge in [0.25, 0.3) is 0 Å². The summed E-state index contributed by atoms with van der Waals surface area (Å²) in [5.74, 6) is 1.32. The number of nitrogens with one attached hydrogen (secondary N) is 1. The highest BCUT2D eigenvalue weighted by Gasteiger charge is 2.10. The molecule has 0 aliphatic rings. The Labute approximate surface area is 114 Å². The zero-order valence-electron chi connectivity index (χ0n) is 11.1. The van der Waals surface area contributed by atoms with E-state index in [1.54, 1.807) is 13.3 Å². The van der Waals surface area contributed by atoms with Gasteiger partial charge in [0.1, 0.15) is 6.61 Å². The van der Waals surface area contributed by atoms with Crippen LogP contribution in [0, 0.1) is 0 Å². The first-order valence-electron chi connectivity index (χ1n) is 6.11. The Kier molecular flexibility index (Phi) is 6.82. The van der Waals surface area contributed by atoms with E-state index in [1.807, 2.05) is 0 Å². The molecule has 6 heteroatoms. The molecule has 18 heavy (non-hydrogen) atoms. The number of methoxy groups -OCH3 is 1. The third kappa shape index (κ3) is 5.10. The lowest BCUT2D eigenvalue weighted by molar-refractivity contribution is 0.146. The SMILES string of the molecule is CCCC(C)Nc1nc(S)ncc1OCCOC. The molecule has 0 saturated heterocycles. The number of hydrogen-bond acceptors (Lipinski definition) is 6. The van der Waals surface area contributed by atoms with Crippen molar-refractivity contribution in [3.8, 4) is 5.75 Å². The Morgan fingerprint density at radius 3 is 2.89 bits per heavy atom. The number of thiol groups is 1. The number of anilines is 1. The fourth-order valence-corrected chi connectivity index (χ4v) is 1.70. The highest BCUT2D eigenvalue weighted by molar-refractivity contribution is 7.80. The predicted molar refractivity (Wildman–Crippen MR) is 74.6 cm³/mol. The molecule has 0 spiro atoms. The normalized spacial score (nSPS) is 12.2. The lowest BCUT2D eigenvalue weighted by Crippen LogP contribution is -2.17. The van der Waals surface area contributed by atoms with Gasteiger partial charge in [0.15, 0.2) is 16.7 Å². The number of aromatic nitrogens is 2. The molecule has 0 saturated carbocycles. The average Bonchev–Trinajstić information content (AvgIpc) is 2.32. The van der Waals surface area contributed by atoms with Crippen LogP contribution in [0.4, 0.5) is 5.82 Å². The molecule has 1 aromatic rings. The van der Waals surface area contributed by atoms with Crippen molar-refractivity contribution < 1.29 is 9.47 Å². The van der Waals surface area contributed by atoms with Crippen LogP contribution in [-0.4, -0.2) is 36.3 Å². The van der Waals surface area contributed by atoms with E-state index in [0.717, 1.165) is 12.8 Å². The predicted octanol–water partition coefficient (Wildman–Crippen LogP) is 2.39. The molecular weight excluding hydrogens is 250 g/mol. The summed E-state index contributed by atoms with van der Waals surface area (Å²) in [5.41, 5.74) is 0. The summed E-state index contributed by atoms with van der Waals surface area (Å²) >= 11 is 4.14. The van der Waals surface area contributed by atoms with Crippen LogP contribution >= 0.6 is 12.6 Å². The van der Waals surface area contributed by atoms with Crippen molar-refractivity contribution in [3.05, 3.63) is 6.20 Å². The molecule has 0 aliphatic carbocycles. The van der Waals surface area contributed by atoms with Crippen LogP contribution in [0.25, 0.3) is 0 Å². The van der Waals surface area contributed by atoms with Gasteiger partial charge in [-0.2, -0.15) is 0 Å². The van der Waals surface area contributed by atoms with Crippen LogP contribution in [0.3, 0.4) is 0 Å². The monoisotopic (exact) mass is 271 g/mol. The van der Waals surface area contributed by atoms with Crippen LogP contribution in [0.5, 0.6) is 5.75 Å². The maximum Gasteiger partial charge on any atom is 0.186 e. The van der Waals surface area contributed by atoms with Crippen LogP contribution in [-0.2, 0) is 4.74 Å². The second kappa shape index (κ2) is 8.16. The summed E-state index contributed by atoms with van der Waals surface area (Å²) in [6.07, 6.45) is 3.82. The average molecular weight is 271 g/mol. The van der Waals surface area contributed by atoms with Crippen LogP contribution in [0.1, 0.15) is 26.7 Å². The van der Waals surface area contributed by atoms with Gasteiger partial charge in [-0.1, -0.05) is 13.3 Å². The number of ether oxygens (including phenoxy) is 2. The van der Waals surface area contributed by atoms with Crippen molar-refractivity contribution in [2.75, 3.05) is 25.6 Å². The number of rotatable bonds is 8. The largest absolute Gasteiger partial charge is 0.486 e. The van der Waals surface area contributed by atoms with E-state index < -0.39 is 0 Å². The second-order valence-electron chi connectivity index (χ2n) is 4.06. The Balaban J connectivity index is 2.69. The molecule has 1 atom stereocenters. The number of hydrogen-bond donors (Lipinski definition) is 2. The van der Waals surface area contributed by atoms with Crippen molar-refractivity contribution in [1.29, 1.82) is 0 Å². The summed E-state index contributed by atoms with van der Waals surface area (Å²) in [4.78, 5) is 8.27. The maximum atomic E-state index is 5.57. The van der Waals surface area contributed by atoms with Crippen molar-refractivity contribution in [2.45, 2.75) is 37.9 Å². The minimum Gasteiger partial charge on any atom is -0.486 e. The van der Waals surface area contributed by atoms with Crippen LogP contribution in [0.2, 0.25) is 0 Å². The topological polar surface area (TPSA) is 56.3 Å². The molecule has 1 N–H and O–H groups in total. The van der Waals surface area contributed by atoms with Gasteiger partial charge in [0.2, 0.25) is 0 Å². The summed E-state index contributed by atoms with van der Waals surface area (Å²) in [7, 11) is 1.64. The molecule has 0 fully saturated rings. The highest BCUT2D eigenvalue weighted by atomic mass is 32.1. The van der Waals surface area contributed by atoms with Gasteiger partial charge < -0.3 is 14.8 Å². The minimum absolute atomic E-state index is 0.336. The number of nitrogens with zero attached hydrogens (tertiary/aromatic N) is 2. The van der Waals surface area contributed by atoms with Gasteiger partial charge in [-0.3, -0.25) is 0 Å². The molecule has 0 aliphatic heterocycles.